The highest BCUT2D eigenvalue weighted by molar-refractivity contribution is 6.30. The van der Waals surface area contributed by atoms with Gasteiger partial charge in [0.25, 0.3) is 5.91 Å². The van der Waals surface area contributed by atoms with Crippen molar-refractivity contribution in [1.29, 1.82) is 0 Å². The lowest BCUT2D eigenvalue weighted by Crippen LogP contribution is -2.32. The molecule has 0 spiro atoms. The first kappa shape index (κ1) is 17.8. The summed E-state index contributed by atoms with van der Waals surface area (Å²) in [7, 11) is 1.84. The molecule has 1 unspecified atom stereocenters. The summed E-state index contributed by atoms with van der Waals surface area (Å²) >= 11 is 5.88. The first-order valence-electron chi connectivity index (χ1n) is 8.42. The van der Waals surface area contributed by atoms with E-state index in [0.29, 0.717) is 35.4 Å². The minimum Gasteiger partial charge on any atom is -0.489 e. The summed E-state index contributed by atoms with van der Waals surface area (Å²) < 4.78 is 11.2. The lowest BCUT2D eigenvalue weighted by molar-refractivity contribution is 0.0765. The summed E-state index contributed by atoms with van der Waals surface area (Å²) in [4.78, 5) is 14.4. The fourth-order valence-corrected chi connectivity index (χ4v) is 3.01. The van der Waals surface area contributed by atoms with Crippen LogP contribution in [0.15, 0.2) is 48.5 Å². The minimum absolute atomic E-state index is 0.00356. The van der Waals surface area contributed by atoms with Crippen molar-refractivity contribution < 1.29 is 14.3 Å². The van der Waals surface area contributed by atoms with Gasteiger partial charge >= 0.3 is 0 Å². The number of ether oxygens (including phenoxy) is 2. The maximum absolute atomic E-state index is 12.6. The van der Waals surface area contributed by atoms with Crippen LogP contribution < -0.4 is 4.74 Å². The van der Waals surface area contributed by atoms with Gasteiger partial charge in [-0.05, 0) is 42.3 Å². The van der Waals surface area contributed by atoms with Crippen LogP contribution in [0, 0.1) is 5.92 Å². The molecule has 25 heavy (non-hydrogen) atoms. The largest absolute Gasteiger partial charge is 0.489 e. The molecule has 1 fully saturated rings. The third kappa shape index (κ3) is 4.97. The zero-order valence-corrected chi connectivity index (χ0v) is 15.0. The zero-order chi connectivity index (χ0) is 17.6. The third-order valence-electron chi connectivity index (χ3n) is 4.30. The van der Waals surface area contributed by atoms with Crippen LogP contribution in [-0.4, -0.2) is 37.6 Å². The molecule has 3 rings (SSSR count). The summed E-state index contributed by atoms with van der Waals surface area (Å²) in [5.74, 6) is 1.11. The van der Waals surface area contributed by atoms with Crippen molar-refractivity contribution in [1.82, 2.24) is 4.90 Å². The van der Waals surface area contributed by atoms with Crippen molar-refractivity contribution >= 4 is 17.5 Å². The number of nitrogens with zero attached hydrogens (tertiary/aromatic N) is 1. The lowest BCUT2D eigenvalue weighted by Gasteiger charge is -2.20. The average Bonchev–Trinajstić information content (AvgIpc) is 3.14. The number of halogens is 1. The molecule has 1 aliphatic rings. The number of carbonyl (C=O) groups is 1. The van der Waals surface area contributed by atoms with Gasteiger partial charge in [0, 0.05) is 36.7 Å². The molecule has 0 saturated carbocycles. The fourth-order valence-electron chi connectivity index (χ4n) is 2.88. The summed E-state index contributed by atoms with van der Waals surface area (Å²) in [5.41, 5.74) is 1.66. The highest BCUT2D eigenvalue weighted by Crippen LogP contribution is 2.19. The van der Waals surface area contributed by atoms with Crippen molar-refractivity contribution in [2.75, 3.05) is 26.8 Å². The van der Waals surface area contributed by atoms with Gasteiger partial charge in [0.2, 0.25) is 0 Å². The van der Waals surface area contributed by atoms with Gasteiger partial charge in [-0.15, -0.1) is 0 Å². The van der Waals surface area contributed by atoms with Crippen molar-refractivity contribution in [2.24, 2.45) is 5.92 Å². The zero-order valence-electron chi connectivity index (χ0n) is 14.3. The quantitative estimate of drug-likeness (QED) is 0.781. The number of carbonyl (C=O) groups excluding carboxylic acids is 1. The van der Waals surface area contributed by atoms with Crippen LogP contribution >= 0.6 is 11.6 Å². The molecule has 2 aromatic rings. The van der Waals surface area contributed by atoms with Crippen LogP contribution in [-0.2, 0) is 11.3 Å². The molecule has 1 heterocycles. The standard InChI is InChI=1S/C20H22ClNO3/c1-22(12-16-9-10-24-13-16)20(23)17-3-2-4-19(11-17)25-14-15-5-7-18(21)8-6-15/h2-8,11,16H,9-10,12-14H2,1H3. The van der Waals surface area contributed by atoms with Crippen LogP contribution in [0.2, 0.25) is 5.02 Å². The summed E-state index contributed by atoms with van der Waals surface area (Å²) in [5, 5.41) is 0.701. The molecule has 5 heteroatoms. The Hall–Kier alpha value is -2.04. The Kier molecular flexibility index (Phi) is 5.95. The third-order valence-corrected chi connectivity index (χ3v) is 4.55. The molecule has 0 aromatic heterocycles. The van der Waals surface area contributed by atoms with E-state index in [9.17, 15) is 4.79 Å². The fraction of sp³-hybridized carbons (Fsp3) is 0.350. The van der Waals surface area contributed by atoms with Gasteiger partial charge in [0.1, 0.15) is 12.4 Å². The molecule has 0 aliphatic carbocycles. The second-order valence-corrected chi connectivity index (χ2v) is 6.79. The molecule has 2 aromatic carbocycles. The van der Waals surface area contributed by atoms with E-state index < -0.39 is 0 Å². The molecule has 0 bridgehead atoms. The molecular weight excluding hydrogens is 338 g/mol. The first-order chi connectivity index (χ1) is 12.1. The van der Waals surface area contributed by atoms with E-state index >= 15 is 0 Å². The van der Waals surface area contributed by atoms with E-state index in [1.165, 1.54) is 0 Å². The Labute approximate surface area is 153 Å². The van der Waals surface area contributed by atoms with Gasteiger partial charge in [0.15, 0.2) is 0 Å². The Morgan fingerprint density at radius 1 is 1.28 bits per heavy atom. The Morgan fingerprint density at radius 2 is 2.08 bits per heavy atom. The van der Waals surface area contributed by atoms with Gasteiger partial charge < -0.3 is 14.4 Å². The second kappa shape index (κ2) is 8.37. The molecule has 132 valence electrons. The maximum Gasteiger partial charge on any atom is 0.253 e. The summed E-state index contributed by atoms with van der Waals surface area (Å²) in [6, 6.07) is 14.8. The van der Waals surface area contributed by atoms with E-state index in [4.69, 9.17) is 21.1 Å². The normalized spacial score (nSPS) is 16.6. The average molecular weight is 360 g/mol. The van der Waals surface area contributed by atoms with Gasteiger partial charge in [0.05, 0.1) is 6.61 Å². The Bertz CT molecular complexity index is 711. The predicted molar refractivity (Wildman–Crippen MR) is 98.1 cm³/mol. The van der Waals surface area contributed by atoms with Crippen molar-refractivity contribution in [3.05, 3.63) is 64.7 Å². The monoisotopic (exact) mass is 359 g/mol. The van der Waals surface area contributed by atoms with Crippen LogP contribution in [0.3, 0.4) is 0 Å². The van der Waals surface area contributed by atoms with Crippen LogP contribution in [0.25, 0.3) is 0 Å². The number of hydrogen-bond donors (Lipinski definition) is 0. The Balaban J connectivity index is 1.59. The van der Waals surface area contributed by atoms with Crippen LogP contribution in [0.5, 0.6) is 5.75 Å². The molecular formula is C20H22ClNO3. The second-order valence-electron chi connectivity index (χ2n) is 6.36. The summed E-state index contributed by atoms with van der Waals surface area (Å²) in [6.07, 6.45) is 1.02. The first-order valence-corrected chi connectivity index (χ1v) is 8.80. The van der Waals surface area contributed by atoms with Gasteiger partial charge in [-0.25, -0.2) is 0 Å². The van der Waals surface area contributed by atoms with Crippen LogP contribution in [0.1, 0.15) is 22.3 Å². The maximum atomic E-state index is 12.6. The number of benzene rings is 2. The highest BCUT2D eigenvalue weighted by atomic mass is 35.5. The molecule has 0 radical (unpaired) electrons. The number of rotatable bonds is 6. The summed E-state index contributed by atoms with van der Waals surface area (Å²) in [6.45, 7) is 2.68. The van der Waals surface area contributed by atoms with Gasteiger partial charge in [-0.1, -0.05) is 29.8 Å². The van der Waals surface area contributed by atoms with E-state index in [1.54, 1.807) is 11.0 Å². The van der Waals surface area contributed by atoms with E-state index in [1.807, 2.05) is 49.5 Å². The predicted octanol–water partition coefficient (Wildman–Crippen LogP) is 4.03. The Morgan fingerprint density at radius 3 is 2.80 bits per heavy atom. The van der Waals surface area contributed by atoms with E-state index in [-0.39, 0.29) is 5.91 Å². The molecule has 1 aliphatic heterocycles. The van der Waals surface area contributed by atoms with Gasteiger partial charge in [-0.2, -0.15) is 0 Å². The van der Waals surface area contributed by atoms with Gasteiger partial charge in [-0.3, -0.25) is 4.79 Å². The molecule has 1 amide bonds. The van der Waals surface area contributed by atoms with Crippen molar-refractivity contribution in [3.63, 3.8) is 0 Å². The molecule has 0 N–H and O–H groups in total. The molecule has 1 atom stereocenters. The van der Waals surface area contributed by atoms with Crippen molar-refractivity contribution in [2.45, 2.75) is 13.0 Å². The molecule has 4 nitrogen and oxygen atoms in total. The van der Waals surface area contributed by atoms with Crippen molar-refractivity contribution in [3.8, 4) is 5.75 Å². The molecule has 1 saturated heterocycles. The van der Waals surface area contributed by atoms with E-state index in [2.05, 4.69) is 0 Å². The topological polar surface area (TPSA) is 38.8 Å². The smallest absolute Gasteiger partial charge is 0.253 e. The number of amides is 1. The lowest BCUT2D eigenvalue weighted by atomic mass is 10.1. The number of hydrogen-bond acceptors (Lipinski definition) is 3. The van der Waals surface area contributed by atoms with E-state index in [0.717, 1.165) is 25.2 Å². The van der Waals surface area contributed by atoms with Crippen LogP contribution in [0.4, 0.5) is 0 Å². The SMILES string of the molecule is CN(CC1CCOC1)C(=O)c1cccc(OCc2ccc(Cl)cc2)c1. The minimum atomic E-state index is 0.00356. The highest BCUT2D eigenvalue weighted by Gasteiger charge is 2.21.